The number of aryl methyl sites for hydroxylation is 1. The van der Waals surface area contributed by atoms with Gasteiger partial charge in [-0.05, 0) is 44.2 Å². The van der Waals surface area contributed by atoms with E-state index in [1.54, 1.807) is 0 Å². The summed E-state index contributed by atoms with van der Waals surface area (Å²) < 4.78 is 11.1. The van der Waals surface area contributed by atoms with Crippen LogP contribution >= 0.6 is 12.4 Å². The number of nitrogens with one attached hydrogen (secondary N) is 1. The third-order valence-corrected chi connectivity index (χ3v) is 4.55. The van der Waals surface area contributed by atoms with Crippen LogP contribution in [0, 0.1) is 12.8 Å². The zero-order valence-electron chi connectivity index (χ0n) is 15.3. The van der Waals surface area contributed by atoms with Gasteiger partial charge in [-0.3, -0.25) is 4.79 Å². The monoisotopic (exact) mass is 370 g/mol. The molecule has 1 aromatic carbocycles. The number of carbonyl (C=O) groups is 1. The summed E-state index contributed by atoms with van der Waals surface area (Å²) in [5.74, 6) is 1.20. The van der Waals surface area contributed by atoms with Crippen LogP contribution in [0.2, 0.25) is 0 Å². The Bertz CT molecular complexity index is 539. The Morgan fingerprint density at radius 3 is 2.80 bits per heavy atom. The van der Waals surface area contributed by atoms with Crippen LogP contribution in [0.1, 0.15) is 43.7 Å². The summed E-state index contributed by atoms with van der Waals surface area (Å²) in [5.41, 5.74) is 8.16. The van der Waals surface area contributed by atoms with Gasteiger partial charge in [0.15, 0.2) is 0 Å². The first-order valence-electron chi connectivity index (χ1n) is 8.92. The van der Waals surface area contributed by atoms with Gasteiger partial charge in [0.1, 0.15) is 12.4 Å². The van der Waals surface area contributed by atoms with Crippen LogP contribution in [0.25, 0.3) is 0 Å². The van der Waals surface area contributed by atoms with Crippen LogP contribution in [0.5, 0.6) is 5.75 Å². The molecule has 142 valence electrons. The molecule has 0 aliphatic heterocycles. The van der Waals surface area contributed by atoms with E-state index in [4.69, 9.17) is 15.2 Å². The molecule has 1 aliphatic rings. The summed E-state index contributed by atoms with van der Waals surface area (Å²) >= 11 is 0. The molecule has 2 rings (SSSR count). The maximum absolute atomic E-state index is 12.2. The topological polar surface area (TPSA) is 73.6 Å². The van der Waals surface area contributed by atoms with Crippen molar-refractivity contribution in [1.29, 1.82) is 0 Å². The Morgan fingerprint density at radius 2 is 2.12 bits per heavy atom. The highest BCUT2D eigenvalue weighted by molar-refractivity contribution is 5.85. The van der Waals surface area contributed by atoms with Gasteiger partial charge >= 0.3 is 0 Å². The summed E-state index contributed by atoms with van der Waals surface area (Å²) in [4.78, 5) is 12.2. The van der Waals surface area contributed by atoms with Crippen molar-refractivity contribution in [3.63, 3.8) is 0 Å². The van der Waals surface area contributed by atoms with Crippen molar-refractivity contribution in [1.82, 2.24) is 5.32 Å². The Balaban J connectivity index is 0.00000312. The lowest BCUT2D eigenvalue weighted by Gasteiger charge is -2.16. The molecule has 0 spiro atoms. The van der Waals surface area contributed by atoms with Crippen molar-refractivity contribution in [2.24, 2.45) is 11.7 Å². The van der Waals surface area contributed by atoms with Crippen molar-refractivity contribution in [3.8, 4) is 5.75 Å². The molecule has 0 heterocycles. The fourth-order valence-corrected chi connectivity index (χ4v) is 3.12. The van der Waals surface area contributed by atoms with Crippen LogP contribution < -0.4 is 15.8 Å². The predicted molar refractivity (Wildman–Crippen MR) is 102 cm³/mol. The van der Waals surface area contributed by atoms with Crippen LogP contribution in [0.15, 0.2) is 18.2 Å². The molecular weight excluding hydrogens is 340 g/mol. The first-order valence-corrected chi connectivity index (χ1v) is 8.92. The summed E-state index contributed by atoms with van der Waals surface area (Å²) in [7, 11) is 0. The van der Waals surface area contributed by atoms with E-state index >= 15 is 0 Å². The Labute approximate surface area is 157 Å². The standard InChI is InChI=1S/C19H30N2O3.ClH/c1-3-23-9-10-24-18-11-14(2)7-8-16(18)13-21-19(22)12-15-5-4-6-17(15)20;/h7-8,11,15,17H,3-6,9-10,12-13,20H2,1-2H3,(H,21,22);1H/t15-,17+;/m0./s1. The number of ether oxygens (including phenoxy) is 2. The average molecular weight is 371 g/mol. The molecule has 1 aromatic rings. The number of amides is 1. The maximum Gasteiger partial charge on any atom is 0.220 e. The van der Waals surface area contributed by atoms with Gasteiger partial charge in [-0.2, -0.15) is 0 Å². The van der Waals surface area contributed by atoms with Gasteiger partial charge in [-0.25, -0.2) is 0 Å². The van der Waals surface area contributed by atoms with Crippen LogP contribution in [-0.4, -0.2) is 31.8 Å². The van der Waals surface area contributed by atoms with E-state index in [0.29, 0.717) is 38.7 Å². The lowest BCUT2D eigenvalue weighted by atomic mass is 10.00. The fraction of sp³-hybridized carbons (Fsp3) is 0.632. The zero-order valence-corrected chi connectivity index (χ0v) is 16.1. The second kappa shape index (κ2) is 11.3. The van der Waals surface area contributed by atoms with E-state index in [2.05, 4.69) is 5.32 Å². The molecule has 1 saturated carbocycles. The Kier molecular flexibility index (Phi) is 9.86. The summed E-state index contributed by atoms with van der Waals surface area (Å²) in [6.07, 6.45) is 3.75. The summed E-state index contributed by atoms with van der Waals surface area (Å²) in [6, 6.07) is 6.21. The first-order chi connectivity index (χ1) is 11.6. The SMILES string of the molecule is CCOCCOc1cc(C)ccc1CNC(=O)C[C@@H]1CCC[C@H]1N.Cl. The molecule has 0 bridgehead atoms. The molecule has 0 saturated heterocycles. The van der Waals surface area contributed by atoms with E-state index in [9.17, 15) is 4.79 Å². The van der Waals surface area contributed by atoms with Gasteiger partial charge in [0.2, 0.25) is 5.91 Å². The quantitative estimate of drug-likeness (QED) is 0.655. The highest BCUT2D eigenvalue weighted by atomic mass is 35.5. The third-order valence-electron chi connectivity index (χ3n) is 4.55. The van der Waals surface area contributed by atoms with Crippen molar-refractivity contribution in [2.45, 2.75) is 52.1 Å². The van der Waals surface area contributed by atoms with Gasteiger partial charge in [-0.1, -0.05) is 18.6 Å². The molecule has 1 amide bonds. The molecule has 5 nitrogen and oxygen atoms in total. The number of hydrogen-bond donors (Lipinski definition) is 2. The predicted octanol–water partition coefficient (Wildman–Crippen LogP) is 2.97. The molecule has 6 heteroatoms. The first kappa shape index (κ1) is 21.7. The molecule has 1 aliphatic carbocycles. The van der Waals surface area contributed by atoms with E-state index in [0.717, 1.165) is 36.1 Å². The van der Waals surface area contributed by atoms with Crippen molar-refractivity contribution < 1.29 is 14.3 Å². The number of halogens is 1. The second-order valence-electron chi connectivity index (χ2n) is 6.49. The number of nitrogens with two attached hydrogens (primary N) is 1. The number of rotatable bonds is 9. The molecule has 3 N–H and O–H groups in total. The van der Waals surface area contributed by atoms with E-state index in [-0.39, 0.29) is 24.4 Å². The van der Waals surface area contributed by atoms with Crippen LogP contribution in [0.3, 0.4) is 0 Å². The van der Waals surface area contributed by atoms with E-state index < -0.39 is 0 Å². The largest absolute Gasteiger partial charge is 0.491 e. The van der Waals surface area contributed by atoms with Crippen LogP contribution in [0.4, 0.5) is 0 Å². The molecule has 0 radical (unpaired) electrons. The molecule has 2 atom stereocenters. The van der Waals surface area contributed by atoms with Gasteiger partial charge in [0.25, 0.3) is 0 Å². The van der Waals surface area contributed by atoms with Crippen LogP contribution in [-0.2, 0) is 16.1 Å². The van der Waals surface area contributed by atoms with E-state index in [1.165, 1.54) is 0 Å². The minimum Gasteiger partial charge on any atom is -0.491 e. The van der Waals surface area contributed by atoms with Gasteiger partial charge in [0, 0.05) is 31.2 Å². The van der Waals surface area contributed by atoms with Crippen molar-refractivity contribution >= 4 is 18.3 Å². The average Bonchev–Trinajstić information content (AvgIpc) is 2.95. The smallest absolute Gasteiger partial charge is 0.220 e. The summed E-state index contributed by atoms with van der Waals surface area (Å²) in [6.45, 7) is 6.22. The highest BCUT2D eigenvalue weighted by Gasteiger charge is 2.25. The van der Waals surface area contributed by atoms with E-state index in [1.807, 2.05) is 32.0 Å². The lowest BCUT2D eigenvalue weighted by molar-refractivity contribution is -0.122. The minimum absolute atomic E-state index is 0. The highest BCUT2D eigenvalue weighted by Crippen LogP contribution is 2.27. The second-order valence-corrected chi connectivity index (χ2v) is 6.49. The zero-order chi connectivity index (χ0) is 17.4. The third kappa shape index (κ3) is 7.22. The Morgan fingerprint density at radius 1 is 1.32 bits per heavy atom. The Hall–Kier alpha value is -1.30. The molecule has 0 unspecified atom stereocenters. The van der Waals surface area contributed by atoms with Gasteiger partial charge < -0.3 is 20.5 Å². The number of carbonyl (C=O) groups excluding carboxylic acids is 1. The lowest BCUT2D eigenvalue weighted by Crippen LogP contribution is -2.31. The normalized spacial score (nSPS) is 19.3. The molecule has 25 heavy (non-hydrogen) atoms. The number of benzene rings is 1. The molecular formula is C19H31ClN2O3. The summed E-state index contributed by atoms with van der Waals surface area (Å²) in [5, 5.41) is 3.00. The van der Waals surface area contributed by atoms with Gasteiger partial charge in [-0.15, -0.1) is 12.4 Å². The van der Waals surface area contributed by atoms with Gasteiger partial charge in [0.05, 0.1) is 6.61 Å². The minimum atomic E-state index is 0. The fourth-order valence-electron chi connectivity index (χ4n) is 3.12. The van der Waals surface area contributed by atoms with Crippen molar-refractivity contribution in [3.05, 3.63) is 29.3 Å². The van der Waals surface area contributed by atoms with Crippen molar-refractivity contribution in [2.75, 3.05) is 19.8 Å². The number of hydrogen-bond acceptors (Lipinski definition) is 4. The molecule has 1 fully saturated rings. The molecule has 0 aromatic heterocycles. The maximum atomic E-state index is 12.2.